The van der Waals surface area contributed by atoms with Crippen LogP contribution in [-0.4, -0.2) is 11.9 Å². The zero-order valence-electron chi connectivity index (χ0n) is 8.45. The number of Topliss-reactive ketones (excluding diaryl/α,β-unsaturated/α-hetero) is 1. The summed E-state index contributed by atoms with van der Waals surface area (Å²) < 4.78 is 0. The Hall–Kier alpha value is -1.42. The van der Waals surface area contributed by atoms with Gasteiger partial charge in [-0.15, -0.1) is 4.91 Å². The largest absolute Gasteiger partial charge is 0.355 e. The summed E-state index contributed by atoms with van der Waals surface area (Å²) in [5.41, 5.74) is 1.54. The van der Waals surface area contributed by atoms with E-state index in [2.05, 4.69) is 10.5 Å². The molecular weight excluding hydrogens is 216 g/mol. The molecule has 1 N–H and O–H groups in total. The number of nitroso groups, excluding NO2 is 1. The number of rotatable bonds is 4. The van der Waals surface area contributed by atoms with Gasteiger partial charge in [-0.25, -0.2) is 0 Å². The second kappa shape index (κ2) is 4.89. The molecule has 1 rings (SSSR count). The first-order valence-electron chi connectivity index (χ1n) is 4.40. The lowest BCUT2D eigenvalue weighted by molar-refractivity contribution is -0.117. The molecule has 0 saturated heterocycles. The number of nitrogens with zero attached hydrogens (tertiary/aromatic N) is 1. The fraction of sp³-hybridized carbons (Fsp3) is 0.300. The number of benzene rings is 1. The molecule has 0 aliphatic rings. The van der Waals surface area contributed by atoms with Crippen molar-refractivity contribution in [3.05, 3.63) is 33.7 Å². The molecule has 0 fully saturated rings. The van der Waals surface area contributed by atoms with E-state index in [0.29, 0.717) is 10.7 Å². The predicted octanol–water partition coefficient (Wildman–Crippen LogP) is 2.74. The highest BCUT2D eigenvalue weighted by Gasteiger charge is 2.14. The molecule has 0 saturated carbocycles. The van der Waals surface area contributed by atoms with Crippen molar-refractivity contribution in [3.63, 3.8) is 0 Å². The van der Waals surface area contributed by atoms with E-state index in [1.165, 1.54) is 6.92 Å². The summed E-state index contributed by atoms with van der Waals surface area (Å²) in [6, 6.07) is 5.13. The molecule has 1 aromatic rings. The number of carbonyl (C=O) groups excluding carboxylic acids is 1. The summed E-state index contributed by atoms with van der Waals surface area (Å²) >= 11 is 5.77. The maximum Gasteiger partial charge on any atom is 0.219 e. The highest BCUT2D eigenvalue weighted by atomic mass is 35.5. The number of ketones is 1. The lowest BCUT2D eigenvalue weighted by atomic mass is 10.2. The Morgan fingerprint density at radius 3 is 2.67 bits per heavy atom. The molecule has 0 radical (unpaired) electrons. The number of carbonyl (C=O) groups is 1. The monoisotopic (exact) mass is 226 g/mol. The van der Waals surface area contributed by atoms with Crippen molar-refractivity contribution in [2.24, 2.45) is 5.18 Å². The summed E-state index contributed by atoms with van der Waals surface area (Å²) in [5, 5.41) is 6.05. The Bertz CT molecular complexity index is 393. The highest BCUT2D eigenvalue weighted by Crippen LogP contribution is 2.20. The molecule has 0 aliphatic carbocycles. The molecular formula is C10H11ClN2O2. The average Bonchev–Trinajstić information content (AvgIpc) is 2.16. The third-order valence-electron chi connectivity index (χ3n) is 1.97. The number of aryl methyl sites for hydroxylation is 1. The molecule has 0 spiro atoms. The fourth-order valence-corrected chi connectivity index (χ4v) is 1.37. The number of halogens is 1. The second-order valence-electron chi connectivity index (χ2n) is 3.22. The SMILES string of the molecule is CC(=O)C(N=O)Nc1ccc(Cl)cc1C. The standard InChI is InChI=1S/C10H11ClN2O2/c1-6-5-8(11)3-4-9(6)12-10(13-15)7(2)14/h3-5,10,12H,1-2H3. The van der Waals surface area contributed by atoms with E-state index in [1.54, 1.807) is 18.2 Å². The van der Waals surface area contributed by atoms with Crippen LogP contribution in [-0.2, 0) is 4.79 Å². The van der Waals surface area contributed by atoms with Gasteiger partial charge in [0.25, 0.3) is 0 Å². The van der Waals surface area contributed by atoms with Crippen LogP contribution in [0.4, 0.5) is 5.69 Å². The Kier molecular flexibility index (Phi) is 3.80. The first-order chi connectivity index (χ1) is 7.04. The first-order valence-corrected chi connectivity index (χ1v) is 4.78. The van der Waals surface area contributed by atoms with Crippen molar-refractivity contribution in [1.29, 1.82) is 0 Å². The highest BCUT2D eigenvalue weighted by molar-refractivity contribution is 6.30. The van der Waals surface area contributed by atoms with Crippen molar-refractivity contribution in [1.82, 2.24) is 0 Å². The summed E-state index contributed by atoms with van der Waals surface area (Å²) in [7, 11) is 0. The molecule has 0 amide bonds. The van der Waals surface area contributed by atoms with Crippen LogP contribution in [0.5, 0.6) is 0 Å². The summed E-state index contributed by atoms with van der Waals surface area (Å²) in [5.74, 6) is -0.320. The van der Waals surface area contributed by atoms with Crippen LogP contribution in [0.15, 0.2) is 23.4 Å². The van der Waals surface area contributed by atoms with E-state index in [9.17, 15) is 9.70 Å². The van der Waals surface area contributed by atoms with Gasteiger partial charge in [-0.2, -0.15) is 0 Å². The van der Waals surface area contributed by atoms with E-state index >= 15 is 0 Å². The molecule has 5 heteroatoms. The minimum Gasteiger partial charge on any atom is -0.355 e. The third kappa shape index (κ3) is 3.02. The summed E-state index contributed by atoms with van der Waals surface area (Å²) in [4.78, 5) is 21.3. The predicted molar refractivity (Wildman–Crippen MR) is 60.1 cm³/mol. The van der Waals surface area contributed by atoms with Crippen molar-refractivity contribution in [2.75, 3.05) is 5.32 Å². The second-order valence-corrected chi connectivity index (χ2v) is 3.66. The quantitative estimate of drug-likeness (QED) is 0.803. The van der Waals surface area contributed by atoms with Gasteiger partial charge in [0.2, 0.25) is 6.17 Å². The molecule has 80 valence electrons. The Morgan fingerprint density at radius 1 is 1.53 bits per heavy atom. The molecule has 4 nitrogen and oxygen atoms in total. The van der Waals surface area contributed by atoms with Crippen molar-refractivity contribution >= 4 is 23.1 Å². The minimum absolute atomic E-state index is 0.320. The average molecular weight is 227 g/mol. The Labute approximate surface area is 92.6 Å². The van der Waals surface area contributed by atoms with Crippen LogP contribution in [0.2, 0.25) is 5.02 Å². The number of anilines is 1. The normalized spacial score (nSPS) is 11.9. The minimum atomic E-state index is -1.04. The van der Waals surface area contributed by atoms with E-state index < -0.39 is 6.17 Å². The Balaban J connectivity index is 2.88. The van der Waals surface area contributed by atoms with Crippen molar-refractivity contribution < 1.29 is 4.79 Å². The molecule has 15 heavy (non-hydrogen) atoms. The van der Waals surface area contributed by atoms with Crippen molar-refractivity contribution in [2.45, 2.75) is 20.0 Å². The van der Waals surface area contributed by atoms with Crippen LogP contribution in [0.1, 0.15) is 12.5 Å². The molecule has 0 aromatic heterocycles. The van der Waals surface area contributed by atoms with Gasteiger partial charge in [0, 0.05) is 10.7 Å². The van der Waals surface area contributed by atoms with Gasteiger partial charge < -0.3 is 5.32 Å². The zero-order valence-corrected chi connectivity index (χ0v) is 9.21. The van der Waals surface area contributed by atoms with E-state index in [1.807, 2.05) is 6.92 Å². The smallest absolute Gasteiger partial charge is 0.219 e. The lowest BCUT2D eigenvalue weighted by Crippen LogP contribution is -2.24. The van der Waals surface area contributed by atoms with Gasteiger partial charge in [0.15, 0.2) is 5.78 Å². The van der Waals surface area contributed by atoms with Crippen LogP contribution in [0.25, 0.3) is 0 Å². The van der Waals surface area contributed by atoms with Gasteiger partial charge in [-0.05, 0) is 42.8 Å². The lowest BCUT2D eigenvalue weighted by Gasteiger charge is -2.12. The van der Waals surface area contributed by atoms with Gasteiger partial charge in [0.1, 0.15) is 0 Å². The van der Waals surface area contributed by atoms with E-state index in [0.717, 1.165) is 5.56 Å². The van der Waals surface area contributed by atoms with E-state index in [-0.39, 0.29) is 5.78 Å². The molecule has 1 aromatic carbocycles. The van der Waals surface area contributed by atoms with Gasteiger partial charge >= 0.3 is 0 Å². The van der Waals surface area contributed by atoms with Gasteiger partial charge in [0.05, 0.1) is 0 Å². The Morgan fingerprint density at radius 2 is 2.20 bits per heavy atom. The van der Waals surface area contributed by atoms with Crippen LogP contribution in [0, 0.1) is 11.8 Å². The molecule has 0 heterocycles. The zero-order chi connectivity index (χ0) is 11.4. The maximum atomic E-state index is 11.0. The van der Waals surface area contributed by atoms with Gasteiger partial charge in [-0.3, -0.25) is 4.79 Å². The van der Waals surface area contributed by atoms with Crippen molar-refractivity contribution in [3.8, 4) is 0 Å². The summed E-state index contributed by atoms with van der Waals surface area (Å²) in [6.07, 6.45) is -1.04. The van der Waals surface area contributed by atoms with E-state index in [4.69, 9.17) is 11.6 Å². The van der Waals surface area contributed by atoms with Crippen LogP contribution < -0.4 is 5.32 Å². The first kappa shape index (κ1) is 11.7. The molecule has 0 bridgehead atoms. The number of hydrogen-bond acceptors (Lipinski definition) is 4. The van der Waals surface area contributed by atoms with Crippen LogP contribution in [0.3, 0.4) is 0 Å². The maximum absolute atomic E-state index is 11.0. The van der Waals surface area contributed by atoms with Gasteiger partial charge in [-0.1, -0.05) is 11.6 Å². The third-order valence-corrected chi connectivity index (χ3v) is 2.21. The fourth-order valence-electron chi connectivity index (χ4n) is 1.14. The molecule has 1 atom stereocenters. The topological polar surface area (TPSA) is 58.5 Å². The number of nitrogens with one attached hydrogen (secondary N) is 1. The number of hydrogen-bond donors (Lipinski definition) is 1. The van der Waals surface area contributed by atoms with Crippen LogP contribution >= 0.6 is 11.6 Å². The molecule has 1 unspecified atom stereocenters. The molecule has 0 aliphatic heterocycles. The summed E-state index contributed by atoms with van der Waals surface area (Å²) in [6.45, 7) is 3.14.